The Labute approximate surface area is 519 Å². The van der Waals surface area contributed by atoms with Gasteiger partial charge in [-0.2, -0.15) is 0 Å². The Hall–Kier alpha value is -9.98. The van der Waals surface area contributed by atoms with E-state index >= 15 is 0 Å². The van der Waals surface area contributed by atoms with Crippen LogP contribution in [0, 0.1) is 0 Å². The Kier molecular flexibility index (Phi) is 11.8. The highest BCUT2D eigenvalue weighted by molar-refractivity contribution is 6.19. The van der Waals surface area contributed by atoms with Crippen LogP contribution in [0.1, 0.15) is 105 Å². The van der Waals surface area contributed by atoms with Gasteiger partial charge < -0.3 is 22.7 Å². The Morgan fingerprint density at radius 2 is 0.596 bits per heavy atom. The molecule has 0 N–H and O–H groups in total. The lowest BCUT2D eigenvalue weighted by atomic mass is 9.86. The Balaban J connectivity index is 1.29. The summed E-state index contributed by atoms with van der Waals surface area (Å²) in [4.78, 5) is 10.5. The van der Waals surface area contributed by atoms with Crippen molar-refractivity contribution < 1.29 is 4.42 Å². The summed E-state index contributed by atoms with van der Waals surface area (Å²) in [7, 11) is 0. The minimum absolute atomic E-state index is 0.117. The van der Waals surface area contributed by atoms with E-state index < -0.39 is 0 Å². The lowest BCUT2D eigenvalue weighted by Gasteiger charge is -2.30. The predicted molar refractivity (Wildman–Crippen MR) is 375 cm³/mol. The topological polar surface area (TPSA) is 58.6 Å². The molecule has 436 valence electrons. The molecule has 0 bridgehead atoms. The highest BCUT2D eigenvalue weighted by Gasteiger charge is 2.38. The van der Waals surface area contributed by atoms with E-state index in [0.717, 1.165) is 105 Å². The van der Waals surface area contributed by atoms with Gasteiger partial charge in [-0.3, -0.25) is 4.98 Å². The van der Waals surface area contributed by atoms with Gasteiger partial charge in [0.05, 0.1) is 72.4 Å². The second kappa shape index (κ2) is 19.3. The normalized spacial score (nSPS) is 12.9. The second-order valence-corrected chi connectivity index (χ2v) is 28.7. The maximum absolute atomic E-state index is 7.49. The minimum atomic E-state index is -0.125. The molecule has 0 spiro atoms. The van der Waals surface area contributed by atoms with Crippen molar-refractivity contribution in [2.45, 2.75) is 105 Å². The molecule has 0 fully saturated rings. The van der Waals surface area contributed by atoms with Crippen molar-refractivity contribution >= 4 is 98.3 Å². The van der Waals surface area contributed by atoms with Gasteiger partial charge in [-0.25, -0.2) is 4.98 Å². The number of hydrogen-bond acceptors (Lipinski definition) is 3. The maximum Gasteiger partial charge on any atom is 0.230 e. The van der Waals surface area contributed by atoms with E-state index in [0.29, 0.717) is 11.5 Å². The number of pyridine rings is 1. The number of benzene rings is 10. The van der Waals surface area contributed by atoms with Crippen LogP contribution in [0.25, 0.3) is 144 Å². The van der Waals surface area contributed by atoms with Crippen molar-refractivity contribution in [1.82, 2.24) is 28.2 Å². The zero-order valence-electron chi connectivity index (χ0n) is 52.9. The molecule has 0 amide bonds. The van der Waals surface area contributed by atoms with Gasteiger partial charge in [0.25, 0.3) is 0 Å². The van der Waals surface area contributed by atoms with Crippen LogP contribution in [-0.4, -0.2) is 28.2 Å². The third-order valence-corrected chi connectivity index (χ3v) is 18.9. The molecule has 6 aromatic heterocycles. The van der Waals surface area contributed by atoms with E-state index in [1.165, 1.54) is 49.2 Å². The average Bonchev–Trinajstić information content (AvgIpc) is 1.62. The first-order valence-corrected chi connectivity index (χ1v) is 31.4. The summed E-state index contributed by atoms with van der Waals surface area (Å²) in [5.41, 5.74) is 21.3. The molecule has 10 aromatic carbocycles. The molecule has 6 heterocycles. The summed E-state index contributed by atoms with van der Waals surface area (Å²) in [6.45, 7) is 27.8. The molecule has 16 aromatic rings. The summed E-state index contributed by atoms with van der Waals surface area (Å²) < 4.78 is 17.9. The van der Waals surface area contributed by atoms with Gasteiger partial charge in [-0.15, -0.1) is 0 Å². The minimum Gasteiger partial charge on any atom is -0.436 e. The third-order valence-electron chi connectivity index (χ3n) is 18.9. The van der Waals surface area contributed by atoms with Crippen LogP contribution in [0.4, 0.5) is 0 Å². The van der Waals surface area contributed by atoms with Gasteiger partial charge >= 0.3 is 0 Å². The van der Waals surface area contributed by atoms with Crippen molar-refractivity contribution in [3.05, 3.63) is 241 Å². The van der Waals surface area contributed by atoms with Crippen LogP contribution in [0.3, 0.4) is 0 Å². The highest BCUT2D eigenvalue weighted by Crippen LogP contribution is 2.55. The van der Waals surface area contributed by atoms with E-state index in [9.17, 15) is 0 Å². The van der Waals surface area contributed by atoms with Crippen LogP contribution in [0.15, 0.2) is 223 Å². The van der Waals surface area contributed by atoms with E-state index in [-0.39, 0.29) is 21.7 Å². The van der Waals surface area contributed by atoms with Crippen molar-refractivity contribution in [2.24, 2.45) is 0 Å². The standard InChI is InChI=1S/C82H72N6O/c1-79(2,3)50-33-37-67-58(45-50)54-23-13-18-28-63(54)85(67)74-72(49-41-43-83-44-42-49)73(78-84-62-27-17-22-32-71(62)89-78)75(86-64-29-19-14-24-55(64)59-46-51(80(4,5)6)34-38-68(59)86)77(88-66-31-21-16-26-57(66)61-48-53(82(10,11)12)36-40-70(61)88)76(74)87-65-30-20-15-25-56(65)60-47-52(81(7,8)9)35-39-69(60)87/h13-48H,1-12H3. The zero-order chi connectivity index (χ0) is 61.2. The molecule has 0 saturated heterocycles. The number of oxazole rings is 1. The molecule has 0 unspecified atom stereocenters. The fourth-order valence-electron chi connectivity index (χ4n) is 14.3. The van der Waals surface area contributed by atoms with Crippen LogP contribution < -0.4 is 0 Å². The van der Waals surface area contributed by atoms with Crippen LogP contribution in [-0.2, 0) is 21.7 Å². The molecule has 0 aliphatic rings. The molecule has 16 rings (SSSR count). The number of para-hydroxylation sites is 6. The lowest BCUT2D eigenvalue weighted by molar-refractivity contribution is 0.591. The summed E-state index contributed by atoms with van der Waals surface area (Å²) in [5.74, 6) is 0.503. The van der Waals surface area contributed by atoms with Crippen LogP contribution in [0.5, 0.6) is 0 Å². The van der Waals surface area contributed by atoms with Gasteiger partial charge in [0.2, 0.25) is 5.89 Å². The van der Waals surface area contributed by atoms with Crippen LogP contribution in [0.2, 0.25) is 0 Å². The van der Waals surface area contributed by atoms with E-state index in [2.05, 4.69) is 295 Å². The monoisotopic (exact) mass is 1160 g/mol. The maximum atomic E-state index is 7.49. The summed E-state index contributed by atoms with van der Waals surface area (Å²) in [6, 6.07) is 77.4. The molecule has 7 nitrogen and oxygen atoms in total. The first-order chi connectivity index (χ1) is 42.7. The van der Waals surface area contributed by atoms with E-state index in [1.54, 1.807) is 0 Å². The Morgan fingerprint density at radius 3 is 0.944 bits per heavy atom. The summed E-state index contributed by atoms with van der Waals surface area (Å²) >= 11 is 0. The predicted octanol–water partition coefficient (Wildman–Crippen LogP) is 22.1. The summed E-state index contributed by atoms with van der Waals surface area (Å²) in [6.07, 6.45) is 3.87. The number of fused-ring (bicyclic) bond motifs is 13. The second-order valence-electron chi connectivity index (χ2n) is 28.7. The fraction of sp³-hybridized carbons (Fsp3) is 0.195. The largest absolute Gasteiger partial charge is 0.436 e. The zero-order valence-corrected chi connectivity index (χ0v) is 52.9. The average molecular weight is 1160 g/mol. The quantitative estimate of drug-likeness (QED) is 0.167. The molecular formula is C82H72N6O. The number of nitrogens with zero attached hydrogens (tertiary/aromatic N) is 6. The smallest absolute Gasteiger partial charge is 0.230 e. The van der Waals surface area contributed by atoms with E-state index in [4.69, 9.17) is 14.4 Å². The molecule has 89 heavy (non-hydrogen) atoms. The number of aromatic nitrogens is 6. The molecule has 0 aliphatic heterocycles. The first kappa shape index (κ1) is 54.4. The molecular weight excluding hydrogens is 1080 g/mol. The Bertz CT molecular complexity index is 5560. The van der Waals surface area contributed by atoms with E-state index in [1.807, 2.05) is 24.5 Å². The first-order valence-electron chi connectivity index (χ1n) is 31.4. The molecule has 0 saturated carbocycles. The highest BCUT2D eigenvalue weighted by atomic mass is 16.3. The molecule has 0 aliphatic carbocycles. The van der Waals surface area contributed by atoms with Crippen molar-refractivity contribution in [3.8, 4) is 45.3 Å². The van der Waals surface area contributed by atoms with Crippen molar-refractivity contribution in [1.29, 1.82) is 0 Å². The summed E-state index contributed by atoms with van der Waals surface area (Å²) in [5, 5.41) is 9.34. The van der Waals surface area contributed by atoms with Crippen molar-refractivity contribution in [2.75, 3.05) is 0 Å². The van der Waals surface area contributed by atoms with Crippen molar-refractivity contribution in [3.63, 3.8) is 0 Å². The molecule has 7 heteroatoms. The van der Waals surface area contributed by atoms with Crippen LogP contribution >= 0.6 is 0 Å². The van der Waals surface area contributed by atoms with Gasteiger partial charge in [-0.05, 0) is 147 Å². The van der Waals surface area contributed by atoms with Gasteiger partial charge in [0.1, 0.15) is 5.52 Å². The molecule has 0 radical (unpaired) electrons. The fourth-order valence-corrected chi connectivity index (χ4v) is 14.3. The number of rotatable bonds is 6. The van der Waals surface area contributed by atoms with Gasteiger partial charge in [0, 0.05) is 61.0 Å². The van der Waals surface area contributed by atoms with Gasteiger partial charge in [-0.1, -0.05) is 192 Å². The van der Waals surface area contributed by atoms with Gasteiger partial charge in [0.15, 0.2) is 5.58 Å². The third kappa shape index (κ3) is 8.30. The Morgan fingerprint density at radius 1 is 0.292 bits per heavy atom. The SMILES string of the molecule is CC(C)(C)c1ccc2c(c1)c1ccccc1n2-c1c(-c2ccncc2)c(-c2nc3ccccc3o2)c(-n2c3ccccc3c3cc(C(C)(C)C)ccc32)c(-n2c3ccccc3c3cc(C(C)(C)C)ccc32)c1-n1c2ccccc2c2cc(C(C)(C)C)ccc21. The number of hydrogen-bond donors (Lipinski definition) is 0. The lowest BCUT2D eigenvalue weighted by Crippen LogP contribution is -2.17. The molecule has 0 atom stereocenters.